The van der Waals surface area contributed by atoms with E-state index in [0.717, 1.165) is 29.4 Å². The van der Waals surface area contributed by atoms with Crippen LogP contribution in [-0.2, 0) is 7.05 Å². The van der Waals surface area contributed by atoms with E-state index in [0.29, 0.717) is 11.4 Å². The highest BCUT2D eigenvalue weighted by Crippen LogP contribution is 2.38. The Kier molecular flexibility index (Phi) is 2.31. The highest BCUT2D eigenvalue weighted by Gasteiger charge is 2.29. The van der Waals surface area contributed by atoms with Gasteiger partial charge >= 0.3 is 5.97 Å². The zero-order valence-electron chi connectivity index (χ0n) is 11.5. The number of para-hydroxylation sites is 1. The van der Waals surface area contributed by atoms with E-state index in [2.05, 4.69) is 0 Å². The summed E-state index contributed by atoms with van der Waals surface area (Å²) >= 11 is 0. The van der Waals surface area contributed by atoms with Crippen LogP contribution in [0.4, 0.5) is 0 Å². The van der Waals surface area contributed by atoms with Gasteiger partial charge in [-0.25, -0.2) is 4.79 Å². The molecular weight excluding hydrogens is 268 g/mol. The molecule has 1 aromatic carbocycles. The van der Waals surface area contributed by atoms with Crippen LogP contribution in [-0.4, -0.2) is 20.2 Å². The number of rotatable bonds is 2. The van der Waals surface area contributed by atoms with Crippen LogP contribution >= 0.6 is 0 Å². The maximum atomic E-state index is 12.6. The third-order valence-electron chi connectivity index (χ3n) is 4.23. The maximum Gasteiger partial charge on any atom is 0.341 e. The number of hydrogen-bond donors (Lipinski definition) is 1. The van der Waals surface area contributed by atoms with Crippen molar-refractivity contribution in [1.82, 2.24) is 9.13 Å². The molecule has 0 spiro atoms. The standard InChI is InChI=1S/C16H14N2O3/c1-17-12-5-3-2-4-10(12)13-14(19)11(16(20)21)8-18(15(13)17)9-6-7-9/h2-5,8-9H,6-7H2,1H3,(H,20,21). The number of pyridine rings is 1. The number of carbonyl (C=O) groups is 1. The number of carboxylic acids is 1. The van der Waals surface area contributed by atoms with Crippen LogP contribution in [0.3, 0.4) is 0 Å². The van der Waals surface area contributed by atoms with E-state index in [9.17, 15) is 14.7 Å². The highest BCUT2D eigenvalue weighted by atomic mass is 16.4. The van der Waals surface area contributed by atoms with Crippen molar-refractivity contribution in [3.63, 3.8) is 0 Å². The lowest BCUT2D eigenvalue weighted by atomic mass is 10.1. The molecule has 5 heteroatoms. The number of nitrogens with zero attached hydrogens (tertiary/aromatic N) is 2. The fourth-order valence-electron chi connectivity index (χ4n) is 3.08. The minimum Gasteiger partial charge on any atom is -0.477 e. The SMILES string of the molecule is Cn1c2ccccc2c2c(=O)c(C(=O)O)cn(C3CC3)c21. The van der Waals surface area contributed by atoms with Gasteiger partial charge in [-0.15, -0.1) is 0 Å². The summed E-state index contributed by atoms with van der Waals surface area (Å²) in [6, 6.07) is 7.92. The van der Waals surface area contributed by atoms with Crippen LogP contribution < -0.4 is 5.43 Å². The van der Waals surface area contributed by atoms with Crippen LogP contribution in [0, 0.1) is 0 Å². The first kappa shape index (κ1) is 12.2. The molecule has 106 valence electrons. The largest absolute Gasteiger partial charge is 0.477 e. The summed E-state index contributed by atoms with van der Waals surface area (Å²) < 4.78 is 3.94. The van der Waals surface area contributed by atoms with E-state index in [1.165, 1.54) is 6.20 Å². The second kappa shape index (κ2) is 3.97. The number of aromatic carboxylic acids is 1. The molecule has 0 amide bonds. The number of aryl methyl sites for hydroxylation is 1. The number of carboxylic acid groups (broad SMARTS) is 1. The molecular formula is C16H14N2O3. The fourth-order valence-corrected chi connectivity index (χ4v) is 3.08. The minimum absolute atomic E-state index is 0.147. The first-order chi connectivity index (χ1) is 10.1. The molecule has 0 saturated heterocycles. The third kappa shape index (κ3) is 1.57. The first-order valence-corrected chi connectivity index (χ1v) is 6.95. The Morgan fingerprint density at radius 1 is 1.29 bits per heavy atom. The molecule has 5 nitrogen and oxygen atoms in total. The molecule has 2 heterocycles. The van der Waals surface area contributed by atoms with Crippen LogP contribution in [0.1, 0.15) is 29.2 Å². The van der Waals surface area contributed by atoms with Gasteiger partial charge in [0.2, 0.25) is 5.43 Å². The van der Waals surface area contributed by atoms with E-state index in [-0.39, 0.29) is 5.56 Å². The molecule has 0 bridgehead atoms. The summed E-state index contributed by atoms with van der Waals surface area (Å²) in [5.41, 5.74) is 1.21. The van der Waals surface area contributed by atoms with Gasteiger partial charge < -0.3 is 14.2 Å². The zero-order chi connectivity index (χ0) is 14.7. The van der Waals surface area contributed by atoms with Gasteiger partial charge in [-0.05, 0) is 18.9 Å². The lowest BCUT2D eigenvalue weighted by molar-refractivity contribution is 0.0695. The van der Waals surface area contributed by atoms with Crippen LogP contribution in [0.2, 0.25) is 0 Å². The highest BCUT2D eigenvalue weighted by molar-refractivity contribution is 6.08. The number of benzene rings is 1. The molecule has 0 atom stereocenters. The van der Waals surface area contributed by atoms with Gasteiger partial charge in [0.05, 0.1) is 10.9 Å². The van der Waals surface area contributed by atoms with Crippen molar-refractivity contribution in [1.29, 1.82) is 0 Å². The molecule has 0 radical (unpaired) electrons. The van der Waals surface area contributed by atoms with Gasteiger partial charge in [-0.2, -0.15) is 0 Å². The smallest absolute Gasteiger partial charge is 0.341 e. The van der Waals surface area contributed by atoms with Gasteiger partial charge in [0.1, 0.15) is 11.2 Å². The molecule has 3 aromatic rings. The number of fused-ring (bicyclic) bond motifs is 3. The van der Waals surface area contributed by atoms with Crippen molar-refractivity contribution in [2.45, 2.75) is 18.9 Å². The van der Waals surface area contributed by atoms with Gasteiger partial charge in [-0.3, -0.25) is 4.79 Å². The van der Waals surface area contributed by atoms with E-state index in [1.807, 2.05) is 40.4 Å². The summed E-state index contributed by atoms with van der Waals surface area (Å²) in [5.74, 6) is -1.16. The average molecular weight is 282 g/mol. The lowest BCUT2D eigenvalue weighted by Crippen LogP contribution is -2.19. The molecule has 4 rings (SSSR count). The van der Waals surface area contributed by atoms with Crippen molar-refractivity contribution < 1.29 is 9.90 Å². The second-order valence-corrected chi connectivity index (χ2v) is 5.59. The first-order valence-electron chi connectivity index (χ1n) is 6.95. The average Bonchev–Trinajstić information content (AvgIpc) is 3.26. The van der Waals surface area contributed by atoms with Crippen molar-refractivity contribution in [3.8, 4) is 0 Å². The minimum atomic E-state index is -1.16. The predicted octanol–water partition coefficient (Wildman–Crippen LogP) is 2.53. The molecule has 1 fully saturated rings. The molecule has 0 aliphatic heterocycles. The Bertz CT molecular complexity index is 961. The van der Waals surface area contributed by atoms with E-state index in [1.54, 1.807) is 0 Å². The maximum absolute atomic E-state index is 12.6. The summed E-state index contributed by atoms with van der Waals surface area (Å²) in [4.78, 5) is 24.0. The van der Waals surface area contributed by atoms with E-state index >= 15 is 0 Å². The van der Waals surface area contributed by atoms with Crippen LogP contribution in [0.25, 0.3) is 21.9 Å². The molecule has 1 aliphatic carbocycles. The normalized spacial score (nSPS) is 14.9. The van der Waals surface area contributed by atoms with E-state index < -0.39 is 11.4 Å². The molecule has 21 heavy (non-hydrogen) atoms. The lowest BCUT2D eigenvalue weighted by Gasteiger charge is -2.10. The summed E-state index contributed by atoms with van der Waals surface area (Å²) in [7, 11) is 1.92. The van der Waals surface area contributed by atoms with Crippen LogP contribution in [0.5, 0.6) is 0 Å². The monoisotopic (exact) mass is 282 g/mol. The van der Waals surface area contributed by atoms with Gasteiger partial charge in [0.25, 0.3) is 0 Å². The predicted molar refractivity (Wildman–Crippen MR) is 79.9 cm³/mol. The molecule has 1 N–H and O–H groups in total. The topological polar surface area (TPSA) is 64.2 Å². The van der Waals surface area contributed by atoms with Gasteiger partial charge in [-0.1, -0.05) is 18.2 Å². The van der Waals surface area contributed by atoms with Crippen molar-refractivity contribution in [2.24, 2.45) is 7.05 Å². The van der Waals surface area contributed by atoms with Crippen LogP contribution in [0.15, 0.2) is 35.3 Å². The number of aromatic nitrogens is 2. The molecule has 2 aromatic heterocycles. The molecule has 0 unspecified atom stereocenters. The van der Waals surface area contributed by atoms with Gasteiger partial charge in [0.15, 0.2) is 0 Å². The van der Waals surface area contributed by atoms with Gasteiger partial charge in [0, 0.05) is 24.7 Å². The quantitative estimate of drug-likeness (QED) is 0.785. The molecule has 1 saturated carbocycles. The Labute approximate surface area is 120 Å². The second-order valence-electron chi connectivity index (χ2n) is 5.59. The Morgan fingerprint density at radius 3 is 2.67 bits per heavy atom. The Hall–Kier alpha value is -2.56. The fraction of sp³-hybridized carbons (Fsp3) is 0.250. The summed E-state index contributed by atoms with van der Waals surface area (Å²) in [6.45, 7) is 0. The van der Waals surface area contributed by atoms with E-state index in [4.69, 9.17) is 0 Å². The van der Waals surface area contributed by atoms with Crippen molar-refractivity contribution in [2.75, 3.05) is 0 Å². The summed E-state index contributed by atoms with van der Waals surface area (Å²) in [6.07, 6.45) is 3.56. The Balaban J connectivity index is 2.30. The van der Waals surface area contributed by atoms with Crippen molar-refractivity contribution >= 4 is 27.9 Å². The molecule has 1 aliphatic rings. The Morgan fingerprint density at radius 2 is 2.00 bits per heavy atom. The zero-order valence-corrected chi connectivity index (χ0v) is 11.5. The number of hydrogen-bond acceptors (Lipinski definition) is 2. The van der Waals surface area contributed by atoms with Crippen molar-refractivity contribution in [3.05, 3.63) is 46.2 Å². The third-order valence-corrected chi connectivity index (χ3v) is 4.23. The summed E-state index contributed by atoms with van der Waals surface area (Å²) in [5, 5.41) is 10.6.